The van der Waals surface area contributed by atoms with Crippen LogP contribution in [-0.2, 0) is 11.2 Å². The number of hydrogen-bond donors (Lipinski definition) is 0. The lowest BCUT2D eigenvalue weighted by molar-refractivity contribution is 0.0581. The zero-order chi connectivity index (χ0) is 20.9. The quantitative estimate of drug-likeness (QED) is 0.498. The highest BCUT2D eigenvalue weighted by Crippen LogP contribution is 2.23. The van der Waals surface area contributed by atoms with Crippen molar-refractivity contribution < 1.29 is 13.9 Å². The number of rotatable bonds is 5. The largest absolute Gasteiger partial charge is 0.443 e. The van der Waals surface area contributed by atoms with E-state index in [-0.39, 0.29) is 11.9 Å². The lowest BCUT2D eigenvalue weighted by Gasteiger charge is -2.27. The van der Waals surface area contributed by atoms with Gasteiger partial charge >= 0.3 is 6.09 Å². The van der Waals surface area contributed by atoms with Crippen molar-refractivity contribution in [1.82, 2.24) is 0 Å². The molecule has 0 unspecified atom stereocenters. The van der Waals surface area contributed by atoms with Crippen molar-refractivity contribution in [3.63, 3.8) is 0 Å². The molecule has 0 aliphatic carbocycles. The molecule has 0 fully saturated rings. The molecule has 150 valence electrons. The monoisotopic (exact) mass is 391 g/mol. The third-order valence-electron chi connectivity index (χ3n) is 4.44. The normalized spacial score (nSPS) is 11.2. The Bertz CT molecular complexity index is 947. The Hall–Kier alpha value is -3.14. The summed E-state index contributed by atoms with van der Waals surface area (Å²) < 4.78 is 19.6. The second-order valence-electron chi connectivity index (χ2n) is 7.89. The first-order valence-electron chi connectivity index (χ1n) is 9.73. The molecule has 0 radical (unpaired) electrons. The van der Waals surface area contributed by atoms with E-state index in [9.17, 15) is 9.18 Å². The third-order valence-corrected chi connectivity index (χ3v) is 4.44. The number of para-hydroxylation sites is 1. The van der Waals surface area contributed by atoms with Crippen molar-refractivity contribution in [3.8, 4) is 11.1 Å². The highest BCUT2D eigenvalue weighted by molar-refractivity contribution is 5.87. The lowest BCUT2D eigenvalue weighted by atomic mass is 10.0. The van der Waals surface area contributed by atoms with Gasteiger partial charge in [-0.3, -0.25) is 4.90 Å². The molecule has 0 aromatic heterocycles. The zero-order valence-corrected chi connectivity index (χ0v) is 17.1. The van der Waals surface area contributed by atoms with Crippen molar-refractivity contribution in [2.24, 2.45) is 0 Å². The maximum absolute atomic E-state index is 14.0. The van der Waals surface area contributed by atoms with E-state index in [0.717, 1.165) is 16.8 Å². The summed E-state index contributed by atoms with van der Waals surface area (Å²) in [6.45, 7) is 6.05. The minimum atomic E-state index is -0.564. The van der Waals surface area contributed by atoms with Crippen LogP contribution in [0.4, 0.5) is 14.9 Å². The summed E-state index contributed by atoms with van der Waals surface area (Å²) in [7, 11) is 0. The van der Waals surface area contributed by atoms with Gasteiger partial charge in [0.05, 0.1) is 0 Å². The van der Waals surface area contributed by atoms with Crippen molar-refractivity contribution in [2.45, 2.75) is 32.8 Å². The smallest absolute Gasteiger partial charge is 0.414 e. The number of carbonyl (C=O) groups excluding carboxylic acids is 1. The van der Waals surface area contributed by atoms with Gasteiger partial charge in [0.1, 0.15) is 11.4 Å². The predicted molar refractivity (Wildman–Crippen MR) is 116 cm³/mol. The number of nitrogens with zero attached hydrogens (tertiary/aromatic N) is 1. The van der Waals surface area contributed by atoms with Gasteiger partial charge in [0, 0.05) is 17.8 Å². The average Bonchev–Trinajstić information content (AvgIpc) is 2.69. The maximum Gasteiger partial charge on any atom is 0.414 e. The maximum atomic E-state index is 14.0. The second-order valence-corrected chi connectivity index (χ2v) is 7.89. The summed E-state index contributed by atoms with van der Waals surface area (Å²) >= 11 is 0. The molecule has 1 amide bonds. The van der Waals surface area contributed by atoms with Gasteiger partial charge in [-0.2, -0.15) is 0 Å². The Labute approximate surface area is 171 Å². The Morgan fingerprint density at radius 3 is 2.14 bits per heavy atom. The highest BCUT2D eigenvalue weighted by atomic mass is 19.1. The zero-order valence-electron chi connectivity index (χ0n) is 17.1. The molecule has 3 rings (SSSR count). The first-order valence-corrected chi connectivity index (χ1v) is 9.73. The average molecular weight is 391 g/mol. The van der Waals surface area contributed by atoms with Crippen LogP contribution in [0.25, 0.3) is 11.1 Å². The molecule has 0 aliphatic heterocycles. The van der Waals surface area contributed by atoms with Crippen LogP contribution in [0, 0.1) is 5.82 Å². The number of carbonyl (C=O) groups is 1. The number of amides is 1. The van der Waals surface area contributed by atoms with Crippen molar-refractivity contribution in [1.29, 1.82) is 0 Å². The van der Waals surface area contributed by atoms with Gasteiger partial charge in [0.15, 0.2) is 0 Å². The fourth-order valence-electron chi connectivity index (χ4n) is 3.04. The Kier molecular flexibility index (Phi) is 6.32. The fourth-order valence-corrected chi connectivity index (χ4v) is 3.04. The molecule has 0 atom stereocenters. The van der Waals surface area contributed by atoms with Gasteiger partial charge in [0.2, 0.25) is 0 Å². The van der Waals surface area contributed by atoms with Crippen LogP contribution in [0.2, 0.25) is 0 Å². The summed E-state index contributed by atoms with van der Waals surface area (Å²) in [4.78, 5) is 14.4. The van der Waals surface area contributed by atoms with E-state index in [1.165, 1.54) is 6.07 Å². The second kappa shape index (κ2) is 8.91. The SMILES string of the molecule is CC(C)(C)OC(=O)N(CCc1ccc(-c2ccccc2F)cc1)c1ccccc1. The van der Waals surface area contributed by atoms with Crippen LogP contribution in [0.1, 0.15) is 26.3 Å². The molecule has 0 heterocycles. The van der Waals surface area contributed by atoms with E-state index < -0.39 is 5.60 Å². The number of halogens is 1. The number of benzene rings is 3. The molecule has 0 spiro atoms. The fraction of sp³-hybridized carbons (Fsp3) is 0.240. The first kappa shape index (κ1) is 20.6. The lowest BCUT2D eigenvalue weighted by Crippen LogP contribution is -2.38. The number of ether oxygens (including phenoxy) is 1. The van der Waals surface area contributed by atoms with Crippen LogP contribution in [-0.4, -0.2) is 18.2 Å². The molecular formula is C25H26FNO2. The van der Waals surface area contributed by atoms with E-state index >= 15 is 0 Å². The topological polar surface area (TPSA) is 29.5 Å². The molecule has 0 N–H and O–H groups in total. The minimum Gasteiger partial charge on any atom is -0.443 e. The van der Waals surface area contributed by atoms with E-state index in [1.807, 2.05) is 81.4 Å². The van der Waals surface area contributed by atoms with E-state index in [4.69, 9.17) is 4.74 Å². The van der Waals surface area contributed by atoms with Crippen molar-refractivity contribution in [2.75, 3.05) is 11.4 Å². The van der Waals surface area contributed by atoms with Gasteiger partial charge in [-0.1, -0.05) is 60.7 Å². The molecule has 3 aromatic rings. The van der Waals surface area contributed by atoms with Gasteiger partial charge in [-0.25, -0.2) is 9.18 Å². The molecule has 3 aromatic carbocycles. The van der Waals surface area contributed by atoms with Gasteiger partial charge < -0.3 is 4.74 Å². The predicted octanol–water partition coefficient (Wildman–Crippen LogP) is 6.48. The van der Waals surface area contributed by atoms with E-state index in [1.54, 1.807) is 17.0 Å². The summed E-state index contributed by atoms with van der Waals surface area (Å²) in [5.74, 6) is -0.236. The summed E-state index contributed by atoms with van der Waals surface area (Å²) in [5.41, 5.74) is 2.71. The Morgan fingerprint density at radius 1 is 0.897 bits per heavy atom. The molecular weight excluding hydrogens is 365 g/mol. The molecule has 3 nitrogen and oxygen atoms in total. The van der Waals surface area contributed by atoms with Crippen molar-refractivity contribution >= 4 is 11.8 Å². The van der Waals surface area contributed by atoms with Gasteiger partial charge in [-0.15, -0.1) is 0 Å². The molecule has 0 saturated heterocycles. The molecule has 0 aliphatic rings. The Morgan fingerprint density at radius 2 is 1.52 bits per heavy atom. The number of hydrogen-bond acceptors (Lipinski definition) is 2. The standard InChI is InChI=1S/C25H26FNO2/c1-25(2,3)29-24(28)27(21-9-5-4-6-10-21)18-17-19-13-15-20(16-14-19)22-11-7-8-12-23(22)26/h4-16H,17-18H2,1-3H3. The minimum absolute atomic E-state index is 0.236. The third kappa shape index (κ3) is 5.67. The van der Waals surface area contributed by atoms with Gasteiger partial charge in [0.25, 0.3) is 0 Å². The summed E-state index contributed by atoms with van der Waals surface area (Å²) in [6, 6.07) is 24.0. The van der Waals surface area contributed by atoms with Crippen LogP contribution < -0.4 is 4.90 Å². The van der Waals surface area contributed by atoms with Gasteiger partial charge in [-0.05, 0) is 56.5 Å². The Balaban J connectivity index is 1.74. The molecule has 29 heavy (non-hydrogen) atoms. The van der Waals surface area contributed by atoms with E-state index in [0.29, 0.717) is 18.5 Å². The molecule has 4 heteroatoms. The number of anilines is 1. The molecule has 0 saturated carbocycles. The first-order chi connectivity index (χ1) is 13.8. The van der Waals surface area contributed by atoms with Crippen molar-refractivity contribution in [3.05, 3.63) is 90.2 Å². The van der Waals surface area contributed by atoms with Crippen LogP contribution >= 0.6 is 0 Å². The van der Waals surface area contributed by atoms with Crippen LogP contribution in [0.3, 0.4) is 0 Å². The van der Waals surface area contributed by atoms with Crippen LogP contribution in [0.5, 0.6) is 0 Å². The summed E-state index contributed by atoms with van der Waals surface area (Å²) in [5, 5.41) is 0. The molecule has 0 bridgehead atoms. The highest BCUT2D eigenvalue weighted by Gasteiger charge is 2.23. The summed E-state index contributed by atoms with van der Waals surface area (Å²) in [6.07, 6.45) is 0.290. The van der Waals surface area contributed by atoms with E-state index in [2.05, 4.69) is 0 Å². The van der Waals surface area contributed by atoms with Crippen LogP contribution in [0.15, 0.2) is 78.9 Å².